The molecule has 0 unspecified atom stereocenters. The van der Waals surface area contributed by atoms with Crippen LogP contribution in [0, 0.1) is 0 Å². The monoisotopic (exact) mass is 293 g/mol. The van der Waals surface area contributed by atoms with Crippen LogP contribution >= 0.6 is 0 Å². The van der Waals surface area contributed by atoms with Gasteiger partial charge in [-0.15, -0.1) is 5.10 Å². The molecule has 2 aromatic carbocycles. The van der Waals surface area contributed by atoms with Crippen molar-refractivity contribution in [1.82, 2.24) is 10.2 Å². The van der Waals surface area contributed by atoms with Crippen molar-refractivity contribution in [3.8, 4) is 22.6 Å². The molecule has 0 bridgehead atoms. The van der Waals surface area contributed by atoms with Gasteiger partial charge in [-0.3, -0.25) is 0 Å². The van der Waals surface area contributed by atoms with Crippen molar-refractivity contribution in [2.75, 3.05) is 12.4 Å². The van der Waals surface area contributed by atoms with E-state index in [0.717, 1.165) is 22.6 Å². The number of aromatic nitrogens is 2. The van der Waals surface area contributed by atoms with Crippen molar-refractivity contribution in [1.29, 1.82) is 0 Å². The lowest BCUT2D eigenvalue weighted by molar-refractivity contribution is 0.416. The lowest BCUT2D eigenvalue weighted by atomic mass is 10.1. The van der Waals surface area contributed by atoms with Gasteiger partial charge in [0.05, 0.1) is 13.3 Å². The zero-order valence-electron chi connectivity index (χ0n) is 12.0. The van der Waals surface area contributed by atoms with Gasteiger partial charge in [-0.05, 0) is 36.4 Å². The highest BCUT2D eigenvalue weighted by molar-refractivity contribution is 5.72. The van der Waals surface area contributed by atoms with E-state index in [2.05, 4.69) is 15.5 Å². The number of phenols is 1. The second-order valence-electron chi connectivity index (χ2n) is 4.70. The standard InChI is InChI=1S/C17H15N3O2/c1-22-16-5-3-2-4-15(16)12-10-17(20-18-11-12)19-13-6-8-14(21)9-7-13/h2-11,21H,1H3,(H,19,20). The predicted molar refractivity (Wildman–Crippen MR) is 85.4 cm³/mol. The Morgan fingerprint density at radius 1 is 1.05 bits per heavy atom. The third kappa shape index (κ3) is 2.98. The first-order chi connectivity index (χ1) is 10.8. The molecule has 3 rings (SSSR count). The molecule has 0 radical (unpaired) electrons. The third-order valence-corrected chi connectivity index (χ3v) is 3.21. The summed E-state index contributed by atoms with van der Waals surface area (Å²) in [6.07, 6.45) is 1.69. The molecule has 1 aromatic heterocycles. The molecule has 0 spiro atoms. The summed E-state index contributed by atoms with van der Waals surface area (Å²) in [6, 6.07) is 16.4. The van der Waals surface area contributed by atoms with Crippen molar-refractivity contribution in [2.45, 2.75) is 0 Å². The Morgan fingerprint density at radius 3 is 2.59 bits per heavy atom. The molecule has 1 heterocycles. The molecule has 5 heteroatoms. The largest absolute Gasteiger partial charge is 0.508 e. The van der Waals surface area contributed by atoms with E-state index in [4.69, 9.17) is 4.74 Å². The number of aromatic hydroxyl groups is 1. The van der Waals surface area contributed by atoms with Gasteiger partial charge in [-0.1, -0.05) is 18.2 Å². The average molecular weight is 293 g/mol. The maximum absolute atomic E-state index is 9.30. The molecule has 0 aliphatic carbocycles. The van der Waals surface area contributed by atoms with Crippen LogP contribution in [0.25, 0.3) is 11.1 Å². The summed E-state index contributed by atoms with van der Waals surface area (Å²) in [6.45, 7) is 0. The number of hydrogen-bond donors (Lipinski definition) is 2. The van der Waals surface area contributed by atoms with Gasteiger partial charge in [0.2, 0.25) is 0 Å². The molecule has 0 aliphatic rings. The Labute approximate surface area is 128 Å². The lowest BCUT2D eigenvalue weighted by Gasteiger charge is -2.10. The Kier molecular flexibility index (Phi) is 3.87. The van der Waals surface area contributed by atoms with Crippen LogP contribution < -0.4 is 10.1 Å². The second-order valence-corrected chi connectivity index (χ2v) is 4.70. The van der Waals surface area contributed by atoms with E-state index in [1.54, 1.807) is 37.6 Å². The Morgan fingerprint density at radius 2 is 1.82 bits per heavy atom. The van der Waals surface area contributed by atoms with Gasteiger partial charge in [-0.25, -0.2) is 0 Å². The molecule has 22 heavy (non-hydrogen) atoms. The molecule has 0 saturated carbocycles. The smallest absolute Gasteiger partial charge is 0.153 e. The number of methoxy groups -OCH3 is 1. The predicted octanol–water partition coefficient (Wildman–Crippen LogP) is 3.60. The number of nitrogens with zero attached hydrogens (tertiary/aromatic N) is 2. The molecule has 0 saturated heterocycles. The van der Waals surface area contributed by atoms with Crippen LogP contribution in [0.2, 0.25) is 0 Å². The van der Waals surface area contributed by atoms with Gasteiger partial charge < -0.3 is 15.2 Å². The number of ether oxygens (including phenoxy) is 1. The first-order valence-corrected chi connectivity index (χ1v) is 6.78. The van der Waals surface area contributed by atoms with Gasteiger partial charge >= 0.3 is 0 Å². The average Bonchev–Trinajstić information content (AvgIpc) is 2.57. The summed E-state index contributed by atoms with van der Waals surface area (Å²) in [5.41, 5.74) is 2.69. The maximum atomic E-state index is 9.30. The van der Waals surface area contributed by atoms with Crippen molar-refractivity contribution in [3.63, 3.8) is 0 Å². The van der Waals surface area contributed by atoms with E-state index >= 15 is 0 Å². The summed E-state index contributed by atoms with van der Waals surface area (Å²) in [7, 11) is 1.64. The molecule has 5 nitrogen and oxygen atoms in total. The third-order valence-electron chi connectivity index (χ3n) is 3.21. The fraction of sp³-hybridized carbons (Fsp3) is 0.0588. The summed E-state index contributed by atoms with van der Waals surface area (Å²) in [4.78, 5) is 0. The van der Waals surface area contributed by atoms with Crippen LogP contribution in [0.15, 0.2) is 60.8 Å². The van der Waals surface area contributed by atoms with Crippen LogP contribution in [-0.4, -0.2) is 22.4 Å². The summed E-state index contributed by atoms with van der Waals surface area (Å²) < 4.78 is 5.37. The van der Waals surface area contributed by atoms with Crippen LogP contribution in [0.3, 0.4) is 0 Å². The van der Waals surface area contributed by atoms with Crippen LogP contribution in [-0.2, 0) is 0 Å². The van der Waals surface area contributed by atoms with Gasteiger partial charge in [0.25, 0.3) is 0 Å². The number of hydrogen-bond acceptors (Lipinski definition) is 5. The highest BCUT2D eigenvalue weighted by atomic mass is 16.5. The molecular formula is C17H15N3O2. The molecular weight excluding hydrogens is 278 g/mol. The molecule has 110 valence electrons. The summed E-state index contributed by atoms with van der Waals surface area (Å²) >= 11 is 0. The number of rotatable bonds is 4. The highest BCUT2D eigenvalue weighted by Gasteiger charge is 2.07. The van der Waals surface area contributed by atoms with E-state index in [0.29, 0.717) is 5.82 Å². The van der Waals surface area contributed by atoms with Crippen molar-refractivity contribution >= 4 is 11.5 Å². The zero-order chi connectivity index (χ0) is 15.4. The quantitative estimate of drug-likeness (QED) is 0.719. The molecule has 0 fully saturated rings. The first-order valence-electron chi connectivity index (χ1n) is 6.78. The van der Waals surface area contributed by atoms with Gasteiger partial charge in [0.15, 0.2) is 5.82 Å². The second kappa shape index (κ2) is 6.13. The summed E-state index contributed by atoms with van der Waals surface area (Å²) in [5, 5.41) is 20.6. The van der Waals surface area contributed by atoms with E-state index < -0.39 is 0 Å². The minimum atomic E-state index is 0.222. The van der Waals surface area contributed by atoms with Crippen LogP contribution in [0.5, 0.6) is 11.5 Å². The lowest BCUT2D eigenvalue weighted by Crippen LogP contribution is -1.96. The van der Waals surface area contributed by atoms with Crippen LogP contribution in [0.4, 0.5) is 11.5 Å². The van der Waals surface area contributed by atoms with Crippen molar-refractivity contribution in [2.24, 2.45) is 0 Å². The molecule has 2 N–H and O–H groups in total. The van der Waals surface area contributed by atoms with E-state index in [9.17, 15) is 5.11 Å². The van der Waals surface area contributed by atoms with Gasteiger partial charge in [-0.2, -0.15) is 5.10 Å². The molecule has 0 aliphatic heterocycles. The zero-order valence-corrected chi connectivity index (χ0v) is 12.0. The Balaban J connectivity index is 1.91. The number of anilines is 2. The number of phenolic OH excluding ortho intramolecular Hbond substituents is 1. The van der Waals surface area contributed by atoms with Crippen molar-refractivity contribution < 1.29 is 9.84 Å². The first kappa shape index (κ1) is 13.9. The molecule has 3 aromatic rings. The van der Waals surface area contributed by atoms with Crippen LogP contribution in [0.1, 0.15) is 0 Å². The molecule has 0 atom stereocenters. The number of benzene rings is 2. The fourth-order valence-electron chi connectivity index (χ4n) is 2.15. The minimum absolute atomic E-state index is 0.222. The van der Waals surface area contributed by atoms with E-state index in [1.165, 1.54) is 0 Å². The normalized spacial score (nSPS) is 10.2. The molecule has 0 amide bonds. The fourth-order valence-corrected chi connectivity index (χ4v) is 2.15. The Bertz CT molecular complexity index is 773. The van der Waals surface area contributed by atoms with Crippen molar-refractivity contribution in [3.05, 3.63) is 60.8 Å². The Hall–Kier alpha value is -3.08. The minimum Gasteiger partial charge on any atom is -0.508 e. The van der Waals surface area contributed by atoms with Gasteiger partial charge in [0, 0.05) is 16.8 Å². The van der Waals surface area contributed by atoms with E-state index in [1.807, 2.05) is 30.3 Å². The van der Waals surface area contributed by atoms with E-state index in [-0.39, 0.29) is 5.75 Å². The topological polar surface area (TPSA) is 67.3 Å². The number of para-hydroxylation sites is 1. The maximum Gasteiger partial charge on any atom is 0.153 e. The van der Waals surface area contributed by atoms with Gasteiger partial charge in [0.1, 0.15) is 11.5 Å². The number of nitrogens with one attached hydrogen (secondary N) is 1. The summed E-state index contributed by atoms with van der Waals surface area (Å²) in [5.74, 6) is 1.62. The highest BCUT2D eigenvalue weighted by Crippen LogP contribution is 2.30. The SMILES string of the molecule is COc1ccccc1-c1cnnc(Nc2ccc(O)cc2)c1.